The van der Waals surface area contributed by atoms with Crippen molar-refractivity contribution in [2.75, 3.05) is 6.54 Å². The van der Waals surface area contributed by atoms with Crippen LogP contribution in [0.5, 0.6) is 0 Å². The van der Waals surface area contributed by atoms with Gasteiger partial charge in [0, 0.05) is 6.54 Å². The van der Waals surface area contributed by atoms with E-state index in [2.05, 4.69) is 40.7 Å². The molecule has 3 N–H and O–H groups in total. The maximum Gasteiger partial charge on any atom is 0.0668 e. The van der Waals surface area contributed by atoms with Gasteiger partial charge in [-0.2, -0.15) is 0 Å². The van der Waals surface area contributed by atoms with E-state index in [-0.39, 0.29) is 0 Å². The van der Waals surface area contributed by atoms with Crippen molar-refractivity contribution in [1.29, 1.82) is 0 Å². The molecule has 1 aromatic carbocycles. The van der Waals surface area contributed by atoms with Gasteiger partial charge in [-0.15, -0.1) is 0 Å². The average Bonchev–Trinajstić information content (AvgIpc) is 2.35. The Morgan fingerprint density at radius 2 is 1.61 bits per heavy atom. The molecule has 0 saturated carbocycles. The molecule has 0 fully saturated rings. The quantitative estimate of drug-likeness (QED) is 0.842. The van der Waals surface area contributed by atoms with E-state index in [1.807, 2.05) is 0 Å². The molecular weight excluding hydrogens is 222 g/mol. The molecule has 2 atom stereocenters. The molecule has 0 aliphatic carbocycles. The van der Waals surface area contributed by atoms with Gasteiger partial charge >= 0.3 is 0 Å². The second kappa shape index (κ2) is 6.35. The molecule has 0 aliphatic heterocycles. The Hall–Kier alpha value is -0.860. The highest BCUT2D eigenvalue weighted by atomic mass is 16.3. The van der Waals surface area contributed by atoms with E-state index in [0.29, 0.717) is 12.5 Å². The van der Waals surface area contributed by atoms with E-state index in [0.717, 1.165) is 12.8 Å². The van der Waals surface area contributed by atoms with Crippen LogP contribution in [0.2, 0.25) is 0 Å². The molecule has 18 heavy (non-hydrogen) atoms. The molecule has 0 heterocycles. The van der Waals surface area contributed by atoms with Gasteiger partial charge in [0.25, 0.3) is 0 Å². The molecule has 0 spiro atoms. The molecule has 2 unspecified atom stereocenters. The Morgan fingerprint density at radius 1 is 1.11 bits per heavy atom. The van der Waals surface area contributed by atoms with Crippen LogP contribution in [0.15, 0.2) is 6.07 Å². The van der Waals surface area contributed by atoms with Crippen molar-refractivity contribution in [2.45, 2.75) is 59.5 Å². The second-order valence-electron chi connectivity index (χ2n) is 5.40. The second-order valence-corrected chi connectivity index (χ2v) is 5.40. The molecule has 2 nitrogen and oxygen atoms in total. The van der Waals surface area contributed by atoms with Crippen LogP contribution in [0, 0.1) is 27.7 Å². The highest BCUT2D eigenvalue weighted by Crippen LogP contribution is 2.33. The zero-order valence-corrected chi connectivity index (χ0v) is 12.4. The fourth-order valence-corrected chi connectivity index (χ4v) is 2.77. The summed E-state index contributed by atoms with van der Waals surface area (Å²) in [5.74, 6) is 0.405. The maximum absolute atomic E-state index is 9.82. The van der Waals surface area contributed by atoms with E-state index in [1.54, 1.807) is 0 Å². The largest absolute Gasteiger partial charge is 0.392 e. The zero-order valence-electron chi connectivity index (χ0n) is 12.4. The van der Waals surface area contributed by atoms with Crippen LogP contribution in [0.25, 0.3) is 0 Å². The van der Waals surface area contributed by atoms with Gasteiger partial charge in [0.1, 0.15) is 0 Å². The third-order valence-corrected chi connectivity index (χ3v) is 4.15. The van der Waals surface area contributed by atoms with Crippen LogP contribution in [0.3, 0.4) is 0 Å². The van der Waals surface area contributed by atoms with Crippen LogP contribution in [0.1, 0.15) is 53.5 Å². The number of rotatable bonds is 5. The molecule has 0 aliphatic rings. The Balaban J connectivity index is 3.20. The van der Waals surface area contributed by atoms with Gasteiger partial charge in [-0.05, 0) is 74.3 Å². The zero-order chi connectivity index (χ0) is 13.9. The SMILES string of the molecule is CCC(CC(O)CN)c1c(C)c(C)cc(C)c1C. The van der Waals surface area contributed by atoms with Crippen molar-refractivity contribution >= 4 is 0 Å². The van der Waals surface area contributed by atoms with E-state index in [1.165, 1.54) is 27.8 Å². The standard InChI is InChI=1S/C16H27NO/c1-6-14(8-15(18)9-17)16-12(4)10(2)7-11(3)13(16)5/h7,14-15,18H,6,8-9,17H2,1-5H3. The number of benzene rings is 1. The number of aryl methyl sites for hydroxylation is 2. The van der Waals surface area contributed by atoms with Crippen LogP contribution >= 0.6 is 0 Å². The summed E-state index contributed by atoms with van der Waals surface area (Å²) in [5.41, 5.74) is 12.4. The maximum atomic E-state index is 9.82. The molecule has 0 radical (unpaired) electrons. The van der Waals surface area contributed by atoms with Crippen molar-refractivity contribution < 1.29 is 5.11 Å². The summed E-state index contributed by atoms with van der Waals surface area (Å²) < 4.78 is 0. The van der Waals surface area contributed by atoms with E-state index < -0.39 is 6.10 Å². The van der Waals surface area contributed by atoms with Crippen molar-refractivity contribution in [3.05, 3.63) is 33.9 Å². The monoisotopic (exact) mass is 249 g/mol. The number of nitrogens with two attached hydrogens (primary N) is 1. The summed E-state index contributed by atoms with van der Waals surface area (Å²) in [5, 5.41) is 9.82. The van der Waals surface area contributed by atoms with Crippen molar-refractivity contribution in [1.82, 2.24) is 0 Å². The predicted molar refractivity (Wildman–Crippen MR) is 78.1 cm³/mol. The van der Waals surface area contributed by atoms with Gasteiger partial charge in [-0.1, -0.05) is 13.0 Å². The minimum absolute atomic E-state index is 0.347. The first kappa shape index (κ1) is 15.2. The third-order valence-electron chi connectivity index (χ3n) is 4.15. The smallest absolute Gasteiger partial charge is 0.0668 e. The fourth-order valence-electron chi connectivity index (χ4n) is 2.77. The Kier molecular flexibility index (Phi) is 5.36. The Labute approximate surface area is 111 Å². The minimum Gasteiger partial charge on any atom is -0.392 e. The lowest BCUT2D eigenvalue weighted by molar-refractivity contribution is 0.162. The van der Waals surface area contributed by atoms with Gasteiger partial charge in [0.05, 0.1) is 6.10 Å². The van der Waals surface area contributed by atoms with Gasteiger partial charge in [-0.3, -0.25) is 0 Å². The number of aliphatic hydroxyl groups is 1. The van der Waals surface area contributed by atoms with Crippen LogP contribution in [0.4, 0.5) is 0 Å². The summed E-state index contributed by atoms with van der Waals surface area (Å²) in [4.78, 5) is 0. The Bertz CT molecular complexity index is 386. The first-order valence-electron chi connectivity index (χ1n) is 6.87. The van der Waals surface area contributed by atoms with Gasteiger partial charge in [0.15, 0.2) is 0 Å². The van der Waals surface area contributed by atoms with E-state index in [4.69, 9.17) is 5.73 Å². The molecule has 0 amide bonds. The van der Waals surface area contributed by atoms with Gasteiger partial charge in [0.2, 0.25) is 0 Å². The van der Waals surface area contributed by atoms with Crippen molar-refractivity contribution in [3.63, 3.8) is 0 Å². The van der Waals surface area contributed by atoms with Crippen molar-refractivity contribution in [2.24, 2.45) is 5.73 Å². The van der Waals surface area contributed by atoms with Crippen LogP contribution in [-0.2, 0) is 0 Å². The average molecular weight is 249 g/mol. The normalized spacial score (nSPS) is 14.6. The van der Waals surface area contributed by atoms with Crippen LogP contribution in [-0.4, -0.2) is 17.8 Å². The van der Waals surface area contributed by atoms with E-state index >= 15 is 0 Å². The summed E-state index contributed by atoms with van der Waals surface area (Å²) in [6, 6.07) is 2.25. The number of hydrogen-bond donors (Lipinski definition) is 2. The molecule has 0 aromatic heterocycles. The Morgan fingerprint density at radius 3 is 2.00 bits per heavy atom. The lowest BCUT2D eigenvalue weighted by atomic mass is 9.82. The third kappa shape index (κ3) is 3.12. The molecule has 0 bridgehead atoms. The molecule has 102 valence electrons. The summed E-state index contributed by atoms with van der Waals surface area (Å²) in [6.07, 6.45) is 1.41. The van der Waals surface area contributed by atoms with Crippen LogP contribution < -0.4 is 5.73 Å². The minimum atomic E-state index is -0.394. The summed E-state index contributed by atoms with van der Waals surface area (Å²) >= 11 is 0. The van der Waals surface area contributed by atoms with E-state index in [9.17, 15) is 5.11 Å². The summed E-state index contributed by atoms with van der Waals surface area (Å²) in [6.45, 7) is 11.2. The van der Waals surface area contributed by atoms with Gasteiger partial charge in [-0.25, -0.2) is 0 Å². The highest BCUT2D eigenvalue weighted by molar-refractivity contribution is 5.46. The number of aliphatic hydroxyl groups excluding tert-OH is 1. The summed E-state index contributed by atoms with van der Waals surface area (Å²) in [7, 11) is 0. The van der Waals surface area contributed by atoms with Crippen molar-refractivity contribution in [3.8, 4) is 0 Å². The lowest BCUT2D eigenvalue weighted by Crippen LogP contribution is -2.23. The molecular formula is C16H27NO. The first-order valence-corrected chi connectivity index (χ1v) is 6.87. The molecule has 0 saturated heterocycles. The number of hydrogen-bond acceptors (Lipinski definition) is 2. The lowest BCUT2D eigenvalue weighted by Gasteiger charge is -2.25. The molecule has 1 rings (SSSR count). The molecule has 1 aromatic rings. The van der Waals surface area contributed by atoms with Gasteiger partial charge < -0.3 is 10.8 Å². The highest BCUT2D eigenvalue weighted by Gasteiger charge is 2.19. The topological polar surface area (TPSA) is 46.2 Å². The predicted octanol–water partition coefficient (Wildman–Crippen LogP) is 3.12. The first-order chi connectivity index (χ1) is 8.42. The fraction of sp³-hybridized carbons (Fsp3) is 0.625. The molecule has 2 heteroatoms.